The van der Waals surface area contributed by atoms with Gasteiger partial charge in [0.1, 0.15) is 0 Å². The van der Waals surface area contributed by atoms with Crippen LogP contribution in [0.2, 0.25) is 0 Å². The molecule has 0 saturated heterocycles. The minimum atomic E-state index is 0. The lowest BCUT2D eigenvalue weighted by Gasteiger charge is -2.05. The van der Waals surface area contributed by atoms with E-state index in [1.165, 1.54) is 38.5 Å². The molecule has 1 aliphatic carbocycles. The third kappa shape index (κ3) is 8.54. The molecule has 1 nitrogen and oxygen atoms in total. The van der Waals surface area contributed by atoms with Crippen molar-refractivity contribution >= 4 is 24.8 Å². The Bertz CT molecular complexity index is 26.5. The van der Waals surface area contributed by atoms with Crippen molar-refractivity contribution in [2.45, 2.75) is 38.5 Å². The number of halogens is 2. The van der Waals surface area contributed by atoms with E-state index in [4.69, 9.17) is 0 Å². The summed E-state index contributed by atoms with van der Waals surface area (Å²) in [4.78, 5) is 0. The van der Waals surface area contributed by atoms with Crippen LogP contribution in [-0.2, 0) is 0 Å². The van der Waals surface area contributed by atoms with Gasteiger partial charge in [0.05, 0.1) is 0 Å². The largest absolute Gasteiger partial charge is 0.412 e. The lowest BCUT2D eigenvalue weighted by atomic mass is 10.0. The Balaban J connectivity index is -0.000000120. The monoisotopic (exact) mass is 174 g/mol. The summed E-state index contributed by atoms with van der Waals surface area (Å²) in [6.45, 7) is 0. The quantitative estimate of drug-likeness (QED) is 0.541. The molecule has 3 heteroatoms. The van der Waals surface area contributed by atoms with Gasteiger partial charge >= 0.3 is 0 Å². The molecule has 1 rings (SSSR count). The van der Waals surface area contributed by atoms with Gasteiger partial charge in [0.2, 0.25) is 0 Å². The van der Waals surface area contributed by atoms with Crippen LogP contribution in [0.4, 0.5) is 0 Å². The molecule has 0 aromatic rings. The highest BCUT2D eigenvalue weighted by molar-refractivity contribution is 5.85. The summed E-state index contributed by atoms with van der Waals surface area (Å²) < 4.78 is 0. The lowest BCUT2D eigenvalue weighted by Crippen LogP contribution is -1.85. The van der Waals surface area contributed by atoms with Crippen LogP contribution >= 0.6 is 24.8 Å². The summed E-state index contributed by atoms with van der Waals surface area (Å²) in [6, 6.07) is 0. The van der Waals surface area contributed by atoms with E-state index in [2.05, 4.69) is 0 Å². The standard InChI is InChI=1S/C6H12.2ClH.H2O/c1-2-4-6-5-3-1;;;/h1-6H2;2*1H;1H2. The summed E-state index contributed by atoms with van der Waals surface area (Å²) in [5, 5.41) is 0. The van der Waals surface area contributed by atoms with E-state index in [1.54, 1.807) is 0 Å². The molecule has 0 radical (unpaired) electrons. The molecule has 0 amide bonds. The Labute approximate surface area is 69.3 Å². The van der Waals surface area contributed by atoms with E-state index in [0.717, 1.165) is 0 Å². The van der Waals surface area contributed by atoms with E-state index in [-0.39, 0.29) is 30.3 Å². The van der Waals surface area contributed by atoms with Gasteiger partial charge in [0.25, 0.3) is 0 Å². The third-order valence-electron chi connectivity index (χ3n) is 1.50. The van der Waals surface area contributed by atoms with Crippen molar-refractivity contribution in [1.29, 1.82) is 0 Å². The predicted molar refractivity (Wildman–Crippen MR) is 45.8 cm³/mol. The van der Waals surface area contributed by atoms with Crippen molar-refractivity contribution in [3.63, 3.8) is 0 Å². The van der Waals surface area contributed by atoms with Crippen molar-refractivity contribution in [2.75, 3.05) is 0 Å². The van der Waals surface area contributed by atoms with Gasteiger partial charge in [-0.1, -0.05) is 38.5 Å². The summed E-state index contributed by atoms with van der Waals surface area (Å²) in [7, 11) is 0. The van der Waals surface area contributed by atoms with E-state index < -0.39 is 0 Å². The average molecular weight is 175 g/mol. The Morgan fingerprint density at radius 2 is 0.556 bits per heavy atom. The first-order valence-electron chi connectivity index (χ1n) is 3.00. The molecule has 0 heterocycles. The summed E-state index contributed by atoms with van der Waals surface area (Å²) in [5.74, 6) is 0. The minimum Gasteiger partial charge on any atom is -0.412 e. The Morgan fingerprint density at radius 3 is 0.667 bits per heavy atom. The van der Waals surface area contributed by atoms with Crippen molar-refractivity contribution in [1.82, 2.24) is 0 Å². The fraction of sp³-hybridized carbons (Fsp3) is 1.00. The SMILES string of the molecule is C1CCCCC1.Cl.Cl.O. The van der Waals surface area contributed by atoms with Gasteiger partial charge in [-0.25, -0.2) is 0 Å². The van der Waals surface area contributed by atoms with Crippen molar-refractivity contribution in [2.24, 2.45) is 0 Å². The Hall–Kier alpha value is 0.540. The maximum Gasteiger partial charge on any atom is -0.0533 e. The zero-order chi connectivity index (χ0) is 4.24. The van der Waals surface area contributed by atoms with E-state index in [9.17, 15) is 0 Å². The molecule has 0 bridgehead atoms. The molecule has 0 aliphatic heterocycles. The number of rotatable bonds is 0. The molecule has 0 unspecified atom stereocenters. The molecule has 2 N–H and O–H groups in total. The van der Waals surface area contributed by atoms with Crippen molar-refractivity contribution in [3.8, 4) is 0 Å². The second kappa shape index (κ2) is 11.4. The van der Waals surface area contributed by atoms with Crippen LogP contribution in [0, 0.1) is 0 Å². The first kappa shape index (κ1) is 16.3. The normalized spacial score (nSPS) is 16.0. The maximum atomic E-state index is 1.50. The van der Waals surface area contributed by atoms with Crippen LogP contribution in [0.1, 0.15) is 38.5 Å². The molecule has 0 atom stereocenters. The maximum absolute atomic E-state index is 1.50. The molecular formula is C6H16Cl2O. The van der Waals surface area contributed by atoms with Crippen LogP contribution in [0.15, 0.2) is 0 Å². The van der Waals surface area contributed by atoms with Crippen LogP contribution < -0.4 is 0 Å². The average Bonchev–Trinajstić information content (AvgIpc) is 1.72. The molecule has 0 aromatic heterocycles. The Morgan fingerprint density at radius 1 is 0.444 bits per heavy atom. The van der Waals surface area contributed by atoms with Gasteiger partial charge in [-0.05, 0) is 0 Å². The second-order valence-corrected chi connectivity index (χ2v) is 2.12. The van der Waals surface area contributed by atoms with Crippen LogP contribution in [0.25, 0.3) is 0 Å². The molecule has 0 aromatic carbocycles. The second-order valence-electron chi connectivity index (χ2n) is 2.12. The number of hydrogen-bond acceptors (Lipinski definition) is 0. The fourth-order valence-corrected chi connectivity index (χ4v) is 1.06. The van der Waals surface area contributed by atoms with Gasteiger partial charge in [-0.2, -0.15) is 0 Å². The molecule has 1 fully saturated rings. The van der Waals surface area contributed by atoms with Gasteiger partial charge in [0.15, 0.2) is 0 Å². The summed E-state index contributed by atoms with van der Waals surface area (Å²) in [5.41, 5.74) is 0. The topological polar surface area (TPSA) is 31.5 Å². The summed E-state index contributed by atoms with van der Waals surface area (Å²) >= 11 is 0. The molecule has 9 heavy (non-hydrogen) atoms. The van der Waals surface area contributed by atoms with E-state index in [1.807, 2.05) is 0 Å². The van der Waals surface area contributed by atoms with Crippen molar-refractivity contribution in [3.05, 3.63) is 0 Å². The molecular weight excluding hydrogens is 159 g/mol. The van der Waals surface area contributed by atoms with Gasteiger partial charge in [0, 0.05) is 0 Å². The minimum absolute atomic E-state index is 0. The van der Waals surface area contributed by atoms with Crippen molar-refractivity contribution < 1.29 is 5.48 Å². The predicted octanol–water partition coefficient (Wildman–Crippen LogP) is 2.36. The first-order valence-corrected chi connectivity index (χ1v) is 3.00. The smallest absolute Gasteiger partial charge is 0.0533 e. The highest BCUT2D eigenvalue weighted by Crippen LogP contribution is 2.15. The number of hydrogen-bond donors (Lipinski definition) is 0. The first-order chi connectivity index (χ1) is 3.00. The van der Waals surface area contributed by atoms with Gasteiger partial charge < -0.3 is 5.48 Å². The summed E-state index contributed by atoms with van der Waals surface area (Å²) in [6.07, 6.45) is 9.00. The van der Waals surface area contributed by atoms with Gasteiger partial charge in [-0.3, -0.25) is 0 Å². The van der Waals surface area contributed by atoms with Crippen LogP contribution in [0.3, 0.4) is 0 Å². The Kier molecular flexibility index (Phi) is 20.5. The fourth-order valence-electron chi connectivity index (χ4n) is 1.06. The highest BCUT2D eigenvalue weighted by Gasteiger charge is 1.95. The van der Waals surface area contributed by atoms with E-state index >= 15 is 0 Å². The molecule has 0 spiro atoms. The molecule has 1 aliphatic rings. The van der Waals surface area contributed by atoms with Gasteiger partial charge in [-0.15, -0.1) is 24.8 Å². The van der Waals surface area contributed by atoms with E-state index in [0.29, 0.717) is 0 Å². The van der Waals surface area contributed by atoms with Crippen LogP contribution in [0.5, 0.6) is 0 Å². The third-order valence-corrected chi connectivity index (χ3v) is 1.50. The van der Waals surface area contributed by atoms with Crippen LogP contribution in [-0.4, -0.2) is 5.48 Å². The zero-order valence-electron chi connectivity index (χ0n) is 5.56. The highest BCUT2D eigenvalue weighted by atomic mass is 35.5. The lowest BCUT2D eigenvalue weighted by molar-refractivity contribution is 0.504. The molecule has 1 saturated carbocycles. The molecule has 60 valence electrons. The zero-order valence-corrected chi connectivity index (χ0v) is 7.19.